The van der Waals surface area contributed by atoms with E-state index in [2.05, 4.69) is 5.32 Å². The number of nitro benzene ring substituents is 1. The zero-order valence-electron chi connectivity index (χ0n) is 10.4. The quantitative estimate of drug-likeness (QED) is 0.688. The summed E-state index contributed by atoms with van der Waals surface area (Å²) in [5.41, 5.74) is 0.240. The lowest BCUT2D eigenvalue weighted by atomic mass is 10.1. The predicted molar refractivity (Wildman–Crippen MR) is 70.7 cm³/mol. The molecule has 2 aromatic rings. The molecule has 1 amide bonds. The monoisotopic (exact) mass is 274 g/mol. The highest BCUT2D eigenvalue weighted by Gasteiger charge is 2.17. The average molecular weight is 274 g/mol. The lowest BCUT2D eigenvalue weighted by Crippen LogP contribution is -2.22. The zero-order chi connectivity index (χ0) is 14.5. The van der Waals surface area contributed by atoms with Crippen LogP contribution in [-0.4, -0.2) is 10.8 Å². The van der Waals surface area contributed by atoms with Crippen molar-refractivity contribution in [1.29, 1.82) is 0 Å². The van der Waals surface area contributed by atoms with E-state index in [4.69, 9.17) is 0 Å². The molecule has 0 aliphatic carbocycles. The Morgan fingerprint density at radius 1 is 1.20 bits per heavy atom. The Morgan fingerprint density at radius 2 is 1.90 bits per heavy atom. The van der Waals surface area contributed by atoms with Crippen molar-refractivity contribution in [2.75, 3.05) is 0 Å². The molecule has 0 bridgehead atoms. The second-order valence-electron chi connectivity index (χ2n) is 4.09. The Morgan fingerprint density at radius 3 is 2.55 bits per heavy atom. The number of hydrogen-bond donors (Lipinski definition) is 1. The Labute approximate surface area is 114 Å². The molecule has 0 spiro atoms. The minimum absolute atomic E-state index is 0.0500. The van der Waals surface area contributed by atoms with Gasteiger partial charge < -0.3 is 5.32 Å². The van der Waals surface area contributed by atoms with Crippen LogP contribution in [0.1, 0.15) is 15.9 Å². The van der Waals surface area contributed by atoms with Gasteiger partial charge in [0.25, 0.3) is 5.91 Å². The van der Waals surface area contributed by atoms with Gasteiger partial charge in [0, 0.05) is 18.2 Å². The Hall–Kier alpha value is -2.76. The van der Waals surface area contributed by atoms with Gasteiger partial charge >= 0.3 is 5.69 Å². The molecule has 5 nitrogen and oxygen atoms in total. The largest absolute Gasteiger partial charge is 0.348 e. The first-order valence-electron chi connectivity index (χ1n) is 5.84. The molecule has 1 N–H and O–H groups in total. The number of nitro groups is 1. The molecule has 2 aromatic carbocycles. The van der Waals surface area contributed by atoms with E-state index in [0.717, 1.165) is 17.7 Å². The van der Waals surface area contributed by atoms with Gasteiger partial charge in [0.2, 0.25) is 5.82 Å². The fourth-order valence-corrected chi connectivity index (χ4v) is 1.67. The molecule has 0 atom stereocenters. The van der Waals surface area contributed by atoms with Crippen molar-refractivity contribution in [1.82, 2.24) is 5.32 Å². The van der Waals surface area contributed by atoms with Gasteiger partial charge in [-0.1, -0.05) is 30.3 Å². The van der Waals surface area contributed by atoms with Crippen molar-refractivity contribution in [3.05, 3.63) is 75.6 Å². The summed E-state index contributed by atoms with van der Waals surface area (Å²) in [6, 6.07) is 12.3. The third kappa shape index (κ3) is 3.17. The maximum Gasteiger partial charge on any atom is 0.305 e. The molecule has 102 valence electrons. The average Bonchev–Trinajstić information content (AvgIpc) is 2.46. The van der Waals surface area contributed by atoms with E-state index in [-0.39, 0.29) is 5.56 Å². The van der Waals surface area contributed by atoms with Crippen LogP contribution < -0.4 is 5.32 Å². The molecular formula is C14H11FN2O3. The summed E-state index contributed by atoms with van der Waals surface area (Å²) in [4.78, 5) is 21.6. The van der Waals surface area contributed by atoms with E-state index in [1.54, 1.807) is 0 Å². The molecule has 0 saturated heterocycles. The lowest BCUT2D eigenvalue weighted by Gasteiger charge is -2.05. The first-order valence-corrected chi connectivity index (χ1v) is 5.84. The van der Waals surface area contributed by atoms with Crippen LogP contribution in [0.3, 0.4) is 0 Å². The summed E-state index contributed by atoms with van der Waals surface area (Å²) < 4.78 is 13.2. The number of amides is 1. The second-order valence-corrected chi connectivity index (χ2v) is 4.09. The normalized spacial score (nSPS) is 10.1. The van der Waals surface area contributed by atoms with Crippen LogP contribution in [0.15, 0.2) is 48.5 Å². The van der Waals surface area contributed by atoms with Crippen LogP contribution in [0.5, 0.6) is 0 Å². The first kappa shape index (κ1) is 13.7. The molecule has 0 unspecified atom stereocenters. The van der Waals surface area contributed by atoms with Crippen LogP contribution in [0.4, 0.5) is 10.1 Å². The van der Waals surface area contributed by atoms with Crippen LogP contribution >= 0.6 is 0 Å². The number of carbonyl (C=O) groups is 1. The molecule has 0 saturated carbocycles. The second kappa shape index (κ2) is 5.92. The summed E-state index contributed by atoms with van der Waals surface area (Å²) in [6.07, 6.45) is 0. The number of carbonyl (C=O) groups excluding carboxylic acids is 1. The summed E-state index contributed by atoms with van der Waals surface area (Å²) >= 11 is 0. The molecule has 0 heterocycles. The van der Waals surface area contributed by atoms with E-state index < -0.39 is 22.3 Å². The summed E-state index contributed by atoms with van der Waals surface area (Å²) in [5, 5.41) is 13.2. The summed E-state index contributed by atoms with van der Waals surface area (Å²) in [6.45, 7) is 0.296. The van der Waals surface area contributed by atoms with E-state index in [9.17, 15) is 19.3 Å². The number of rotatable bonds is 4. The topological polar surface area (TPSA) is 72.2 Å². The van der Waals surface area contributed by atoms with Crippen molar-refractivity contribution in [3.8, 4) is 0 Å². The van der Waals surface area contributed by atoms with Crippen LogP contribution in [-0.2, 0) is 6.54 Å². The number of hydrogen-bond acceptors (Lipinski definition) is 3. The molecule has 6 heteroatoms. The van der Waals surface area contributed by atoms with Gasteiger partial charge in [-0.3, -0.25) is 14.9 Å². The Bertz CT molecular complexity index is 644. The SMILES string of the molecule is O=C(NCc1ccccc1)c1ccc(F)c([N+](=O)[O-])c1. The highest BCUT2D eigenvalue weighted by Crippen LogP contribution is 2.18. The molecule has 20 heavy (non-hydrogen) atoms. The predicted octanol–water partition coefficient (Wildman–Crippen LogP) is 2.66. The van der Waals surface area contributed by atoms with Crippen molar-refractivity contribution in [3.63, 3.8) is 0 Å². The van der Waals surface area contributed by atoms with Gasteiger partial charge in [-0.2, -0.15) is 4.39 Å². The number of nitrogens with one attached hydrogen (secondary N) is 1. The fraction of sp³-hybridized carbons (Fsp3) is 0.0714. The van der Waals surface area contributed by atoms with Gasteiger partial charge in [-0.15, -0.1) is 0 Å². The van der Waals surface area contributed by atoms with Crippen LogP contribution in [0.25, 0.3) is 0 Å². The van der Waals surface area contributed by atoms with E-state index >= 15 is 0 Å². The van der Waals surface area contributed by atoms with Crippen molar-refractivity contribution in [2.45, 2.75) is 6.54 Å². The highest BCUT2D eigenvalue weighted by atomic mass is 19.1. The fourth-order valence-electron chi connectivity index (χ4n) is 1.67. The smallest absolute Gasteiger partial charge is 0.305 e. The minimum atomic E-state index is -0.963. The van der Waals surface area contributed by atoms with Crippen molar-refractivity contribution < 1.29 is 14.1 Å². The summed E-state index contributed by atoms with van der Waals surface area (Å²) in [5.74, 6) is -1.45. The minimum Gasteiger partial charge on any atom is -0.348 e. The number of benzene rings is 2. The highest BCUT2D eigenvalue weighted by molar-refractivity contribution is 5.94. The first-order chi connectivity index (χ1) is 9.58. The maximum absolute atomic E-state index is 13.2. The van der Waals surface area contributed by atoms with Crippen molar-refractivity contribution >= 4 is 11.6 Å². The standard InChI is InChI=1S/C14H11FN2O3/c15-12-7-6-11(8-13(12)17(19)20)14(18)16-9-10-4-2-1-3-5-10/h1-8H,9H2,(H,16,18). The van der Waals surface area contributed by atoms with Crippen LogP contribution in [0, 0.1) is 15.9 Å². The van der Waals surface area contributed by atoms with Gasteiger partial charge in [0.15, 0.2) is 0 Å². The summed E-state index contributed by atoms with van der Waals surface area (Å²) in [7, 11) is 0. The maximum atomic E-state index is 13.2. The molecule has 2 rings (SSSR count). The lowest BCUT2D eigenvalue weighted by molar-refractivity contribution is -0.387. The van der Waals surface area contributed by atoms with Crippen molar-refractivity contribution in [2.24, 2.45) is 0 Å². The number of halogens is 1. The van der Waals surface area contributed by atoms with E-state index in [1.807, 2.05) is 30.3 Å². The van der Waals surface area contributed by atoms with Gasteiger partial charge in [-0.05, 0) is 17.7 Å². The van der Waals surface area contributed by atoms with Crippen LogP contribution in [0.2, 0.25) is 0 Å². The molecule has 0 aromatic heterocycles. The van der Waals surface area contributed by atoms with E-state index in [1.165, 1.54) is 6.07 Å². The Balaban J connectivity index is 2.10. The number of nitrogens with zero attached hydrogens (tertiary/aromatic N) is 1. The van der Waals surface area contributed by atoms with Gasteiger partial charge in [-0.25, -0.2) is 0 Å². The molecule has 0 radical (unpaired) electrons. The molecule has 0 aliphatic heterocycles. The van der Waals surface area contributed by atoms with Gasteiger partial charge in [0.1, 0.15) is 0 Å². The molecule has 0 aliphatic rings. The third-order valence-electron chi connectivity index (χ3n) is 2.70. The molecule has 0 fully saturated rings. The Kier molecular flexibility index (Phi) is 4.05. The van der Waals surface area contributed by atoms with E-state index in [0.29, 0.717) is 6.54 Å². The molecular weight excluding hydrogens is 263 g/mol. The van der Waals surface area contributed by atoms with Gasteiger partial charge in [0.05, 0.1) is 4.92 Å². The third-order valence-corrected chi connectivity index (χ3v) is 2.70. The zero-order valence-corrected chi connectivity index (χ0v) is 10.4.